The monoisotopic (exact) mass is 195 g/mol. The minimum absolute atomic E-state index is 0.109. The lowest BCUT2D eigenvalue weighted by atomic mass is 9.69. The molecule has 0 aromatic heterocycles. The van der Waals surface area contributed by atoms with Gasteiger partial charge in [0.25, 0.3) is 0 Å². The van der Waals surface area contributed by atoms with E-state index in [1.807, 2.05) is 0 Å². The summed E-state index contributed by atoms with van der Waals surface area (Å²) in [6.07, 6.45) is 2.97. The summed E-state index contributed by atoms with van der Waals surface area (Å²) in [6, 6.07) is 2.54. The van der Waals surface area contributed by atoms with Crippen LogP contribution < -0.4 is 0 Å². The molecule has 0 spiro atoms. The molecule has 1 rings (SSSR count). The highest BCUT2D eigenvalue weighted by Gasteiger charge is 2.38. The van der Waals surface area contributed by atoms with Gasteiger partial charge in [-0.25, -0.2) is 0 Å². The highest BCUT2D eigenvalue weighted by molar-refractivity contribution is 5.03. The van der Waals surface area contributed by atoms with Crippen LogP contribution in [0, 0.1) is 28.6 Å². The second-order valence-electron chi connectivity index (χ2n) is 4.91. The number of ether oxygens (including phenoxy) is 1. The number of nitrogens with zero attached hydrogens (tertiary/aromatic N) is 1. The summed E-state index contributed by atoms with van der Waals surface area (Å²) in [5, 5.41) is 9.32. The number of hydrogen-bond donors (Lipinski definition) is 0. The summed E-state index contributed by atoms with van der Waals surface area (Å²) < 4.78 is 5.33. The van der Waals surface area contributed by atoms with Crippen molar-refractivity contribution in [1.82, 2.24) is 0 Å². The van der Waals surface area contributed by atoms with Crippen molar-refractivity contribution in [2.24, 2.45) is 17.3 Å². The fourth-order valence-corrected chi connectivity index (χ4v) is 2.38. The zero-order valence-corrected chi connectivity index (χ0v) is 9.55. The van der Waals surface area contributed by atoms with Crippen molar-refractivity contribution in [3.63, 3.8) is 0 Å². The maximum absolute atomic E-state index is 9.32. The van der Waals surface area contributed by atoms with Crippen LogP contribution in [-0.4, -0.2) is 13.2 Å². The Bertz CT molecular complexity index is 211. The SMILES string of the molecule is CC(C)CC(C)C1(C#N)CCOCC1. The Morgan fingerprint density at radius 2 is 1.86 bits per heavy atom. The van der Waals surface area contributed by atoms with Crippen molar-refractivity contribution >= 4 is 0 Å². The van der Waals surface area contributed by atoms with Crippen LogP contribution in [0.5, 0.6) is 0 Å². The Balaban J connectivity index is 2.63. The molecule has 2 nitrogen and oxygen atoms in total. The van der Waals surface area contributed by atoms with Crippen LogP contribution in [-0.2, 0) is 4.74 Å². The van der Waals surface area contributed by atoms with Crippen molar-refractivity contribution in [2.75, 3.05) is 13.2 Å². The van der Waals surface area contributed by atoms with Gasteiger partial charge >= 0.3 is 0 Å². The van der Waals surface area contributed by atoms with E-state index in [2.05, 4.69) is 26.8 Å². The van der Waals surface area contributed by atoms with Gasteiger partial charge in [-0.15, -0.1) is 0 Å². The predicted molar refractivity (Wildman–Crippen MR) is 56.7 cm³/mol. The van der Waals surface area contributed by atoms with Crippen LogP contribution in [0.4, 0.5) is 0 Å². The number of rotatable bonds is 3. The molecule has 1 atom stereocenters. The first kappa shape index (κ1) is 11.5. The van der Waals surface area contributed by atoms with Gasteiger partial charge in [0.15, 0.2) is 0 Å². The summed E-state index contributed by atoms with van der Waals surface area (Å²) in [6.45, 7) is 8.18. The van der Waals surface area contributed by atoms with Gasteiger partial charge in [-0.1, -0.05) is 20.8 Å². The van der Waals surface area contributed by atoms with Crippen molar-refractivity contribution in [3.8, 4) is 6.07 Å². The molecule has 80 valence electrons. The van der Waals surface area contributed by atoms with E-state index in [4.69, 9.17) is 4.74 Å². The molecule has 0 bridgehead atoms. The molecular formula is C12H21NO. The molecule has 1 heterocycles. The summed E-state index contributed by atoms with van der Waals surface area (Å²) in [5.41, 5.74) is -0.109. The van der Waals surface area contributed by atoms with Crippen LogP contribution in [0.3, 0.4) is 0 Å². The van der Waals surface area contributed by atoms with Gasteiger partial charge in [0.05, 0.1) is 11.5 Å². The smallest absolute Gasteiger partial charge is 0.0694 e. The number of hydrogen-bond acceptors (Lipinski definition) is 2. The first-order valence-electron chi connectivity index (χ1n) is 5.60. The van der Waals surface area contributed by atoms with Crippen LogP contribution >= 0.6 is 0 Å². The quantitative estimate of drug-likeness (QED) is 0.693. The van der Waals surface area contributed by atoms with Gasteiger partial charge < -0.3 is 4.74 Å². The van der Waals surface area contributed by atoms with Crippen molar-refractivity contribution in [3.05, 3.63) is 0 Å². The van der Waals surface area contributed by atoms with Gasteiger partial charge in [-0.2, -0.15) is 5.26 Å². The Hall–Kier alpha value is -0.550. The number of nitriles is 1. The second-order valence-corrected chi connectivity index (χ2v) is 4.91. The minimum atomic E-state index is -0.109. The van der Waals surface area contributed by atoms with E-state index in [0.717, 1.165) is 32.5 Å². The van der Waals surface area contributed by atoms with Gasteiger partial charge in [-0.3, -0.25) is 0 Å². The Kier molecular flexibility index (Phi) is 3.95. The van der Waals surface area contributed by atoms with E-state index in [1.54, 1.807) is 0 Å². The lowest BCUT2D eigenvalue weighted by molar-refractivity contribution is 0.0125. The molecule has 0 N–H and O–H groups in total. The highest BCUT2D eigenvalue weighted by atomic mass is 16.5. The molecule has 2 heteroatoms. The zero-order valence-electron chi connectivity index (χ0n) is 9.55. The van der Waals surface area contributed by atoms with Gasteiger partial charge in [0, 0.05) is 13.2 Å². The molecule has 1 unspecified atom stereocenters. The largest absolute Gasteiger partial charge is 0.381 e. The molecule has 14 heavy (non-hydrogen) atoms. The molecule has 0 saturated carbocycles. The van der Waals surface area contributed by atoms with Crippen molar-refractivity contribution in [1.29, 1.82) is 5.26 Å². The van der Waals surface area contributed by atoms with Crippen LogP contribution in [0.15, 0.2) is 0 Å². The first-order valence-corrected chi connectivity index (χ1v) is 5.60. The van der Waals surface area contributed by atoms with E-state index < -0.39 is 0 Å². The summed E-state index contributed by atoms with van der Waals surface area (Å²) in [7, 11) is 0. The molecular weight excluding hydrogens is 174 g/mol. The second kappa shape index (κ2) is 4.79. The first-order chi connectivity index (χ1) is 6.60. The molecule has 0 amide bonds. The standard InChI is InChI=1S/C12H21NO/c1-10(2)8-11(3)12(9-13)4-6-14-7-5-12/h10-11H,4-8H2,1-3H3. The van der Waals surface area contributed by atoms with Crippen LogP contribution in [0.2, 0.25) is 0 Å². The van der Waals surface area contributed by atoms with E-state index in [-0.39, 0.29) is 5.41 Å². The molecule has 1 fully saturated rings. The Morgan fingerprint density at radius 1 is 1.29 bits per heavy atom. The van der Waals surface area contributed by atoms with Crippen LogP contribution in [0.1, 0.15) is 40.0 Å². The molecule has 1 aliphatic heterocycles. The van der Waals surface area contributed by atoms with E-state index >= 15 is 0 Å². The lowest BCUT2D eigenvalue weighted by Gasteiger charge is -2.36. The van der Waals surface area contributed by atoms with E-state index in [9.17, 15) is 5.26 Å². The highest BCUT2D eigenvalue weighted by Crippen LogP contribution is 2.40. The third-order valence-electron chi connectivity index (χ3n) is 3.38. The van der Waals surface area contributed by atoms with Gasteiger partial charge in [0.2, 0.25) is 0 Å². The molecule has 0 aromatic rings. The fourth-order valence-electron chi connectivity index (χ4n) is 2.38. The summed E-state index contributed by atoms with van der Waals surface area (Å²) in [5.74, 6) is 1.18. The average Bonchev–Trinajstić information content (AvgIpc) is 2.18. The van der Waals surface area contributed by atoms with E-state index in [1.165, 1.54) is 0 Å². The van der Waals surface area contributed by atoms with Gasteiger partial charge in [-0.05, 0) is 31.1 Å². The molecule has 0 aliphatic carbocycles. The minimum Gasteiger partial charge on any atom is -0.381 e. The van der Waals surface area contributed by atoms with Crippen LogP contribution in [0.25, 0.3) is 0 Å². The summed E-state index contributed by atoms with van der Waals surface area (Å²) in [4.78, 5) is 0. The molecule has 0 aromatic carbocycles. The van der Waals surface area contributed by atoms with Crippen molar-refractivity contribution < 1.29 is 4.74 Å². The maximum atomic E-state index is 9.32. The predicted octanol–water partition coefficient (Wildman–Crippen LogP) is 2.99. The van der Waals surface area contributed by atoms with Crippen molar-refractivity contribution in [2.45, 2.75) is 40.0 Å². The van der Waals surface area contributed by atoms with E-state index in [0.29, 0.717) is 11.8 Å². The maximum Gasteiger partial charge on any atom is 0.0694 e. The fraction of sp³-hybridized carbons (Fsp3) is 0.917. The Morgan fingerprint density at radius 3 is 2.29 bits per heavy atom. The topological polar surface area (TPSA) is 33.0 Å². The molecule has 0 radical (unpaired) electrons. The normalized spacial score (nSPS) is 23.1. The Labute approximate surface area is 87.3 Å². The zero-order chi connectivity index (χ0) is 10.6. The molecule has 1 aliphatic rings. The third-order valence-corrected chi connectivity index (χ3v) is 3.38. The average molecular weight is 195 g/mol. The third kappa shape index (κ3) is 2.48. The molecule has 1 saturated heterocycles. The summed E-state index contributed by atoms with van der Waals surface area (Å²) >= 11 is 0. The lowest BCUT2D eigenvalue weighted by Crippen LogP contribution is -2.34. The van der Waals surface area contributed by atoms with Gasteiger partial charge in [0.1, 0.15) is 0 Å².